The number of sulfonamides is 1. The van der Waals surface area contributed by atoms with Crippen LogP contribution >= 0.6 is 0 Å². The van der Waals surface area contributed by atoms with Crippen molar-refractivity contribution in [1.82, 2.24) is 9.62 Å². The molecule has 0 aliphatic rings. The van der Waals surface area contributed by atoms with E-state index in [2.05, 4.69) is 5.32 Å². The Bertz CT molecular complexity index is 857. The zero-order valence-electron chi connectivity index (χ0n) is 15.6. The Hall–Kier alpha value is -2.25. The molecule has 2 aromatic rings. The average molecular weight is 392 g/mol. The zero-order valence-corrected chi connectivity index (χ0v) is 16.4. The lowest BCUT2D eigenvalue weighted by atomic mass is 10.1. The van der Waals surface area contributed by atoms with Crippen molar-refractivity contribution in [2.45, 2.75) is 32.4 Å². The van der Waals surface area contributed by atoms with E-state index in [9.17, 15) is 17.6 Å². The molecular formula is C20H25FN2O3S. The third kappa shape index (κ3) is 7.11. The Morgan fingerprint density at radius 2 is 1.74 bits per heavy atom. The summed E-state index contributed by atoms with van der Waals surface area (Å²) < 4.78 is 38.8. The van der Waals surface area contributed by atoms with Gasteiger partial charge in [-0.25, -0.2) is 12.8 Å². The van der Waals surface area contributed by atoms with E-state index in [4.69, 9.17) is 0 Å². The van der Waals surface area contributed by atoms with E-state index in [1.165, 1.54) is 23.8 Å². The second-order valence-corrected chi connectivity index (χ2v) is 8.60. The summed E-state index contributed by atoms with van der Waals surface area (Å²) in [6, 6.07) is 15.8. The minimum Gasteiger partial charge on any atom is -0.352 e. The second kappa shape index (κ2) is 9.62. The van der Waals surface area contributed by atoms with Gasteiger partial charge in [0.15, 0.2) is 0 Å². The van der Waals surface area contributed by atoms with Crippen LogP contribution in [-0.2, 0) is 27.8 Å². The summed E-state index contributed by atoms with van der Waals surface area (Å²) in [5.41, 5.74) is 1.41. The van der Waals surface area contributed by atoms with Crippen LogP contribution in [0.3, 0.4) is 0 Å². The van der Waals surface area contributed by atoms with Crippen molar-refractivity contribution >= 4 is 15.9 Å². The fourth-order valence-corrected chi connectivity index (χ4v) is 3.41. The van der Waals surface area contributed by atoms with Crippen LogP contribution in [0.25, 0.3) is 0 Å². The molecule has 27 heavy (non-hydrogen) atoms. The van der Waals surface area contributed by atoms with Gasteiger partial charge in [-0.2, -0.15) is 4.31 Å². The Labute approximate surface area is 160 Å². The molecule has 7 heteroatoms. The highest BCUT2D eigenvalue weighted by Gasteiger charge is 2.22. The van der Waals surface area contributed by atoms with Gasteiger partial charge >= 0.3 is 0 Å². The Morgan fingerprint density at radius 1 is 1.11 bits per heavy atom. The molecule has 0 saturated carbocycles. The minimum absolute atomic E-state index is 0.104. The van der Waals surface area contributed by atoms with E-state index in [1.54, 1.807) is 6.07 Å². The molecule has 2 rings (SSSR count). The van der Waals surface area contributed by atoms with E-state index in [0.717, 1.165) is 23.4 Å². The van der Waals surface area contributed by atoms with Gasteiger partial charge in [-0.1, -0.05) is 48.5 Å². The van der Waals surface area contributed by atoms with Gasteiger partial charge in [-0.05, 0) is 31.4 Å². The van der Waals surface area contributed by atoms with Crippen LogP contribution in [0.15, 0.2) is 54.6 Å². The van der Waals surface area contributed by atoms with E-state index >= 15 is 0 Å². The third-order valence-corrected chi connectivity index (χ3v) is 5.41. The number of carbonyl (C=O) groups is 1. The minimum atomic E-state index is -3.66. The molecule has 1 N–H and O–H groups in total. The summed E-state index contributed by atoms with van der Waals surface area (Å²) in [6.07, 6.45) is 2.56. The van der Waals surface area contributed by atoms with Gasteiger partial charge in [-0.3, -0.25) is 4.79 Å². The highest BCUT2D eigenvalue weighted by atomic mass is 32.2. The molecule has 5 nitrogen and oxygen atoms in total. The number of benzene rings is 2. The first-order chi connectivity index (χ1) is 12.8. The first-order valence-electron chi connectivity index (χ1n) is 8.77. The quantitative estimate of drug-likeness (QED) is 0.714. The van der Waals surface area contributed by atoms with Crippen molar-refractivity contribution in [2.24, 2.45) is 0 Å². The standard InChI is InChI=1S/C20H25FN2O3S/c1-16(12-13-17-8-4-3-5-9-17)22-20(24)15-23(27(2,25)26)14-18-10-6-7-11-19(18)21/h3-11,16H,12-15H2,1-2H3,(H,22,24). The fraction of sp³-hybridized carbons (Fsp3) is 0.350. The van der Waals surface area contributed by atoms with Gasteiger partial charge in [0, 0.05) is 18.2 Å². The number of hydrogen-bond acceptors (Lipinski definition) is 3. The Morgan fingerprint density at radius 3 is 2.37 bits per heavy atom. The van der Waals surface area contributed by atoms with Gasteiger partial charge in [-0.15, -0.1) is 0 Å². The molecule has 0 bridgehead atoms. The predicted molar refractivity (Wildman–Crippen MR) is 104 cm³/mol. The van der Waals surface area contributed by atoms with Crippen molar-refractivity contribution in [1.29, 1.82) is 0 Å². The Kier molecular flexibility index (Phi) is 7.50. The molecule has 0 aliphatic carbocycles. The lowest BCUT2D eigenvalue weighted by Crippen LogP contribution is -2.43. The average Bonchev–Trinajstić information content (AvgIpc) is 2.61. The molecule has 0 spiro atoms. The van der Waals surface area contributed by atoms with Crippen LogP contribution in [-0.4, -0.2) is 37.5 Å². The van der Waals surface area contributed by atoms with Gasteiger partial charge in [0.25, 0.3) is 0 Å². The number of aryl methyl sites for hydroxylation is 1. The summed E-state index contributed by atoms with van der Waals surface area (Å²) >= 11 is 0. The van der Waals surface area contributed by atoms with Crippen LogP contribution in [0.4, 0.5) is 4.39 Å². The van der Waals surface area contributed by atoms with Crippen LogP contribution in [0.2, 0.25) is 0 Å². The monoisotopic (exact) mass is 392 g/mol. The molecule has 0 aromatic heterocycles. The molecule has 0 radical (unpaired) electrons. The van der Waals surface area contributed by atoms with Crippen LogP contribution in [0.5, 0.6) is 0 Å². The molecule has 1 atom stereocenters. The highest BCUT2D eigenvalue weighted by molar-refractivity contribution is 7.88. The molecular weight excluding hydrogens is 367 g/mol. The molecule has 1 unspecified atom stereocenters. The highest BCUT2D eigenvalue weighted by Crippen LogP contribution is 2.12. The van der Waals surface area contributed by atoms with E-state index in [-0.39, 0.29) is 24.7 Å². The third-order valence-electron chi connectivity index (χ3n) is 4.21. The molecule has 0 saturated heterocycles. The van der Waals surface area contributed by atoms with E-state index in [0.29, 0.717) is 0 Å². The molecule has 1 amide bonds. The van der Waals surface area contributed by atoms with Gasteiger partial charge in [0.1, 0.15) is 5.82 Å². The lowest BCUT2D eigenvalue weighted by molar-refractivity contribution is -0.122. The number of nitrogens with one attached hydrogen (secondary N) is 1. The first kappa shape index (κ1) is 21.1. The van der Waals surface area contributed by atoms with Crippen LogP contribution in [0.1, 0.15) is 24.5 Å². The maximum atomic E-state index is 13.8. The maximum absolute atomic E-state index is 13.8. The van der Waals surface area contributed by atoms with Gasteiger partial charge in [0.2, 0.25) is 15.9 Å². The molecule has 0 aliphatic heterocycles. The van der Waals surface area contributed by atoms with Crippen molar-refractivity contribution in [2.75, 3.05) is 12.8 Å². The van der Waals surface area contributed by atoms with Crippen LogP contribution < -0.4 is 5.32 Å². The first-order valence-corrected chi connectivity index (χ1v) is 10.6. The SMILES string of the molecule is CC(CCc1ccccc1)NC(=O)CN(Cc1ccccc1F)S(C)(=O)=O. The topological polar surface area (TPSA) is 66.5 Å². The fourth-order valence-electron chi connectivity index (χ4n) is 2.69. The largest absolute Gasteiger partial charge is 0.352 e. The smallest absolute Gasteiger partial charge is 0.235 e. The van der Waals surface area contributed by atoms with Crippen molar-refractivity contribution in [3.05, 3.63) is 71.5 Å². The maximum Gasteiger partial charge on any atom is 0.235 e. The number of hydrogen-bond donors (Lipinski definition) is 1. The summed E-state index contributed by atoms with van der Waals surface area (Å²) in [4.78, 5) is 12.3. The number of halogens is 1. The molecule has 146 valence electrons. The van der Waals surface area contributed by atoms with E-state index < -0.39 is 21.7 Å². The molecule has 0 fully saturated rings. The van der Waals surface area contributed by atoms with Crippen molar-refractivity contribution < 1.29 is 17.6 Å². The summed E-state index contributed by atoms with van der Waals surface area (Å²) in [5.74, 6) is -0.903. The molecule has 2 aromatic carbocycles. The summed E-state index contributed by atoms with van der Waals surface area (Å²) in [6.45, 7) is 1.35. The second-order valence-electron chi connectivity index (χ2n) is 6.62. The van der Waals surface area contributed by atoms with E-state index in [1.807, 2.05) is 37.3 Å². The normalized spacial score (nSPS) is 12.7. The van der Waals surface area contributed by atoms with Crippen molar-refractivity contribution in [3.63, 3.8) is 0 Å². The number of nitrogens with zero attached hydrogens (tertiary/aromatic N) is 1. The van der Waals surface area contributed by atoms with Gasteiger partial charge < -0.3 is 5.32 Å². The predicted octanol–water partition coefficient (Wildman–Crippen LogP) is 2.72. The number of amides is 1. The van der Waals surface area contributed by atoms with Crippen LogP contribution in [0, 0.1) is 5.82 Å². The lowest BCUT2D eigenvalue weighted by Gasteiger charge is -2.21. The zero-order chi connectivity index (χ0) is 19.9. The molecule has 0 heterocycles. The Balaban J connectivity index is 1.92. The van der Waals surface area contributed by atoms with Crippen molar-refractivity contribution in [3.8, 4) is 0 Å². The summed E-state index contributed by atoms with van der Waals surface area (Å²) in [7, 11) is -3.66. The summed E-state index contributed by atoms with van der Waals surface area (Å²) in [5, 5.41) is 2.81. The van der Waals surface area contributed by atoms with Gasteiger partial charge in [0.05, 0.1) is 12.8 Å². The number of rotatable bonds is 9. The number of carbonyl (C=O) groups excluding carboxylic acids is 1.